The third kappa shape index (κ3) is 2.50. The van der Waals surface area contributed by atoms with E-state index in [0.717, 1.165) is 27.9 Å². The lowest BCUT2D eigenvalue weighted by molar-refractivity contribution is 0.356. The molecule has 0 atom stereocenters. The van der Waals surface area contributed by atoms with Crippen LogP contribution in [0.4, 0.5) is 0 Å². The average Bonchev–Trinajstić information content (AvgIpc) is 2.53. The van der Waals surface area contributed by atoms with E-state index in [4.69, 9.17) is 14.5 Å². The number of rotatable bonds is 3. The molecular weight excluding hydrogens is 274 g/mol. The molecular formula is C19H19NO2. The molecule has 0 spiro atoms. The third-order valence-electron chi connectivity index (χ3n) is 3.85. The van der Waals surface area contributed by atoms with Crippen LogP contribution in [0, 0.1) is 13.8 Å². The van der Waals surface area contributed by atoms with Crippen molar-refractivity contribution in [1.29, 1.82) is 0 Å². The van der Waals surface area contributed by atoms with Gasteiger partial charge in [0.2, 0.25) is 0 Å². The Labute approximate surface area is 130 Å². The molecule has 1 aromatic heterocycles. The SMILES string of the molecule is COc1cc2ccc(-c3ccc(C)cc3C)nc2cc1OC. The summed E-state index contributed by atoms with van der Waals surface area (Å²) in [6.45, 7) is 4.21. The smallest absolute Gasteiger partial charge is 0.162 e. The zero-order valence-corrected chi connectivity index (χ0v) is 13.3. The minimum atomic E-state index is 0.695. The van der Waals surface area contributed by atoms with Crippen molar-refractivity contribution in [2.24, 2.45) is 0 Å². The molecule has 1 heterocycles. The molecule has 3 nitrogen and oxygen atoms in total. The van der Waals surface area contributed by atoms with Gasteiger partial charge in [-0.05, 0) is 31.5 Å². The highest BCUT2D eigenvalue weighted by Crippen LogP contribution is 2.33. The minimum Gasteiger partial charge on any atom is -0.493 e. The summed E-state index contributed by atoms with van der Waals surface area (Å²) in [7, 11) is 3.28. The van der Waals surface area contributed by atoms with Gasteiger partial charge in [-0.1, -0.05) is 29.8 Å². The summed E-state index contributed by atoms with van der Waals surface area (Å²) in [5.74, 6) is 1.41. The summed E-state index contributed by atoms with van der Waals surface area (Å²) in [4.78, 5) is 4.78. The van der Waals surface area contributed by atoms with Crippen molar-refractivity contribution in [1.82, 2.24) is 4.98 Å². The molecule has 0 fully saturated rings. The summed E-state index contributed by atoms with van der Waals surface area (Å²) in [5, 5.41) is 1.03. The van der Waals surface area contributed by atoms with E-state index in [1.165, 1.54) is 11.1 Å². The predicted octanol–water partition coefficient (Wildman–Crippen LogP) is 4.54. The number of ether oxygens (including phenoxy) is 2. The number of pyridine rings is 1. The van der Waals surface area contributed by atoms with E-state index in [1.807, 2.05) is 18.2 Å². The van der Waals surface area contributed by atoms with Crippen LogP contribution in [0.15, 0.2) is 42.5 Å². The number of aromatic nitrogens is 1. The Kier molecular flexibility index (Phi) is 3.72. The Bertz CT molecular complexity index is 840. The number of fused-ring (bicyclic) bond motifs is 1. The second kappa shape index (κ2) is 5.68. The molecule has 112 valence electrons. The highest BCUT2D eigenvalue weighted by molar-refractivity contribution is 5.85. The second-order valence-electron chi connectivity index (χ2n) is 5.41. The highest BCUT2D eigenvalue weighted by Gasteiger charge is 2.09. The monoisotopic (exact) mass is 293 g/mol. The standard InChI is InChI=1S/C19H19NO2/c1-12-5-7-15(13(2)9-12)16-8-6-14-10-18(21-3)19(22-4)11-17(14)20-16/h5-11H,1-4H3. The largest absolute Gasteiger partial charge is 0.493 e. The highest BCUT2D eigenvalue weighted by atomic mass is 16.5. The van der Waals surface area contributed by atoms with Gasteiger partial charge in [0.25, 0.3) is 0 Å². The van der Waals surface area contributed by atoms with Gasteiger partial charge in [0, 0.05) is 17.0 Å². The van der Waals surface area contributed by atoms with Crippen molar-refractivity contribution >= 4 is 10.9 Å². The lowest BCUT2D eigenvalue weighted by atomic mass is 10.0. The van der Waals surface area contributed by atoms with Gasteiger partial charge in [-0.3, -0.25) is 0 Å². The van der Waals surface area contributed by atoms with Crippen LogP contribution in [0.25, 0.3) is 22.2 Å². The topological polar surface area (TPSA) is 31.4 Å². The molecule has 2 aromatic carbocycles. The molecule has 3 aromatic rings. The van der Waals surface area contributed by atoms with Gasteiger partial charge >= 0.3 is 0 Å². The van der Waals surface area contributed by atoms with Gasteiger partial charge in [0.1, 0.15) is 0 Å². The van der Waals surface area contributed by atoms with Crippen molar-refractivity contribution in [3.05, 3.63) is 53.6 Å². The van der Waals surface area contributed by atoms with Crippen LogP contribution in [-0.4, -0.2) is 19.2 Å². The number of benzene rings is 2. The Balaban J connectivity index is 2.16. The molecule has 0 N–H and O–H groups in total. The Morgan fingerprint density at radius 1 is 0.818 bits per heavy atom. The summed E-state index contributed by atoms with van der Waals surface area (Å²) >= 11 is 0. The lowest BCUT2D eigenvalue weighted by Gasteiger charge is -2.11. The van der Waals surface area contributed by atoms with Crippen LogP contribution in [-0.2, 0) is 0 Å². The van der Waals surface area contributed by atoms with E-state index in [9.17, 15) is 0 Å². The molecule has 0 amide bonds. The van der Waals surface area contributed by atoms with E-state index >= 15 is 0 Å². The van der Waals surface area contributed by atoms with Crippen molar-refractivity contribution < 1.29 is 9.47 Å². The van der Waals surface area contributed by atoms with E-state index < -0.39 is 0 Å². The molecule has 0 unspecified atom stereocenters. The van der Waals surface area contributed by atoms with Crippen molar-refractivity contribution in [2.45, 2.75) is 13.8 Å². The van der Waals surface area contributed by atoms with Gasteiger partial charge in [0.15, 0.2) is 11.5 Å². The van der Waals surface area contributed by atoms with Gasteiger partial charge in [-0.25, -0.2) is 4.98 Å². The molecule has 3 heteroatoms. The minimum absolute atomic E-state index is 0.695. The number of aryl methyl sites for hydroxylation is 2. The third-order valence-corrected chi connectivity index (χ3v) is 3.85. The lowest BCUT2D eigenvalue weighted by Crippen LogP contribution is -1.93. The van der Waals surface area contributed by atoms with E-state index in [1.54, 1.807) is 14.2 Å². The zero-order valence-electron chi connectivity index (χ0n) is 13.3. The fourth-order valence-corrected chi connectivity index (χ4v) is 2.70. The Morgan fingerprint density at radius 3 is 2.23 bits per heavy atom. The molecule has 0 bridgehead atoms. The summed E-state index contributed by atoms with van der Waals surface area (Å²) in [5.41, 5.74) is 5.51. The van der Waals surface area contributed by atoms with Gasteiger partial charge in [-0.2, -0.15) is 0 Å². The van der Waals surface area contributed by atoms with E-state index in [0.29, 0.717) is 5.75 Å². The van der Waals surface area contributed by atoms with Crippen LogP contribution in [0.3, 0.4) is 0 Å². The molecule has 3 rings (SSSR count). The molecule has 0 saturated carbocycles. The number of methoxy groups -OCH3 is 2. The number of hydrogen-bond acceptors (Lipinski definition) is 3. The fraction of sp³-hybridized carbons (Fsp3) is 0.211. The number of nitrogens with zero attached hydrogens (tertiary/aromatic N) is 1. The van der Waals surface area contributed by atoms with Crippen molar-refractivity contribution in [2.75, 3.05) is 14.2 Å². The van der Waals surface area contributed by atoms with E-state index in [2.05, 4.69) is 38.1 Å². The van der Waals surface area contributed by atoms with Crippen LogP contribution >= 0.6 is 0 Å². The maximum Gasteiger partial charge on any atom is 0.162 e. The van der Waals surface area contributed by atoms with E-state index in [-0.39, 0.29) is 0 Å². The molecule has 0 radical (unpaired) electrons. The normalized spacial score (nSPS) is 10.7. The first-order valence-electron chi connectivity index (χ1n) is 7.23. The molecule has 22 heavy (non-hydrogen) atoms. The van der Waals surface area contributed by atoms with Crippen LogP contribution in [0.2, 0.25) is 0 Å². The molecule has 0 saturated heterocycles. The van der Waals surface area contributed by atoms with Crippen LogP contribution < -0.4 is 9.47 Å². The molecule has 0 aliphatic carbocycles. The summed E-state index contributed by atoms with van der Waals surface area (Å²) < 4.78 is 10.7. The van der Waals surface area contributed by atoms with Gasteiger partial charge < -0.3 is 9.47 Å². The summed E-state index contributed by atoms with van der Waals surface area (Å²) in [6.07, 6.45) is 0. The van der Waals surface area contributed by atoms with Gasteiger partial charge in [-0.15, -0.1) is 0 Å². The Morgan fingerprint density at radius 2 is 1.55 bits per heavy atom. The average molecular weight is 293 g/mol. The fourth-order valence-electron chi connectivity index (χ4n) is 2.70. The number of hydrogen-bond donors (Lipinski definition) is 0. The van der Waals surface area contributed by atoms with Crippen LogP contribution in [0.5, 0.6) is 11.5 Å². The maximum atomic E-state index is 5.36. The first-order valence-corrected chi connectivity index (χ1v) is 7.23. The second-order valence-corrected chi connectivity index (χ2v) is 5.41. The maximum absolute atomic E-state index is 5.36. The van der Waals surface area contributed by atoms with Crippen LogP contribution in [0.1, 0.15) is 11.1 Å². The quantitative estimate of drug-likeness (QED) is 0.710. The first kappa shape index (κ1) is 14.4. The molecule has 0 aliphatic heterocycles. The summed E-state index contributed by atoms with van der Waals surface area (Å²) in [6, 6.07) is 14.4. The van der Waals surface area contributed by atoms with Crippen molar-refractivity contribution in [3.8, 4) is 22.8 Å². The van der Waals surface area contributed by atoms with Crippen molar-refractivity contribution in [3.63, 3.8) is 0 Å². The zero-order chi connectivity index (χ0) is 15.7. The Hall–Kier alpha value is -2.55. The van der Waals surface area contributed by atoms with Gasteiger partial charge in [0.05, 0.1) is 25.4 Å². The predicted molar refractivity (Wildman–Crippen MR) is 89.8 cm³/mol. The first-order chi connectivity index (χ1) is 10.6. The molecule has 0 aliphatic rings.